The van der Waals surface area contributed by atoms with Gasteiger partial charge in [0.05, 0.1) is 5.71 Å². The number of benzene rings is 1. The minimum atomic E-state index is -0.814. The predicted molar refractivity (Wildman–Crippen MR) is 123 cm³/mol. The summed E-state index contributed by atoms with van der Waals surface area (Å²) < 4.78 is 21.3. The number of hydrogen-bond acceptors (Lipinski definition) is 7. The van der Waals surface area contributed by atoms with E-state index in [1.165, 1.54) is 6.07 Å². The number of halogens is 1. The van der Waals surface area contributed by atoms with Gasteiger partial charge in [0.2, 0.25) is 11.8 Å². The molecule has 1 aromatic carbocycles. The quantitative estimate of drug-likeness (QED) is 0.636. The van der Waals surface area contributed by atoms with Crippen LogP contribution in [0.4, 0.5) is 15.9 Å². The van der Waals surface area contributed by atoms with Gasteiger partial charge in [-0.15, -0.1) is 0 Å². The van der Waals surface area contributed by atoms with E-state index < -0.39 is 12.2 Å². The minimum absolute atomic E-state index is 0.133. The maximum atomic E-state index is 15.2. The molecule has 0 radical (unpaired) electrons. The molecule has 1 aliphatic carbocycles. The molecule has 9 heteroatoms. The molecule has 1 amide bonds. The third kappa shape index (κ3) is 4.83. The van der Waals surface area contributed by atoms with E-state index >= 15 is 4.39 Å². The average molecular weight is 456 g/mol. The highest BCUT2D eigenvalue weighted by Gasteiger charge is 2.36. The number of hydrogen-bond donors (Lipinski definition) is 3. The van der Waals surface area contributed by atoms with E-state index in [0.717, 1.165) is 25.7 Å². The Balaban J connectivity index is 1.52. The monoisotopic (exact) mass is 455 g/mol. The third-order valence-electron chi connectivity index (χ3n) is 6.43. The smallest absolute Gasteiger partial charge is 0.246 e. The van der Waals surface area contributed by atoms with Crippen molar-refractivity contribution in [2.24, 2.45) is 10.9 Å². The third-order valence-corrected chi connectivity index (χ3v) is 6.43. The highest BCUT2D eigenvalue weighted by atomic mass is 19.1. The van der Waals surface area contributed by atoms with Crippen LogP contribution in [0.2, 0.25) is 0 Å². The second-order valence-electron chi connectivity index (χ2n) is 9.30. The molecule has 1 saturated carbocycles. The van der Waals surface area contributed by atoms with E-state index in [1.807, 2.05) is 26.0 Å². The van der Waals surface area contributed by atoms with Crippen LogP contribution >= 0.6 is 0 Å². The molecule has 33 heavy (non-hydrogen) atoms. The van der Waals surface area contributed by atoms with Gasteiger partial charge >= 0.3 is 0 Å². The van der Waals surface area contributed by atoms with E-state index in [1.54, 1.807) is 6.92 Å². The van der Waals surface area contributed by atoms with Crippen LogP contribution in [0.1, 0.15) is 62.4 Å². The number of nitrogens with one attached hydrogen (secondary N) is 1. The van der Waals surface area contributed by atoms with Gasteiger partial charge in [-0.25, -0.2) is 14.4 Å². The first kappa shape index (κ1) is 23.1. The lowest BCUT2D eigenvalue weighted by Gasteiger charge is -2.33. The van der Waals surface area contributed by atoms with Gasteiger partial charge in [-0.3, -0.25) is 4.79 Å². The van der Waals surface area contributed by atoms with E-state index in [9.17, 15) is 4.79 Å². The van der Waals surface area contributed by atoms with Gasteiger partial charge in [-0.05, 0) is 69.9 Å². The Bertz CT molecular complexity index is 1090. The summed E-state index contributed by atoms with van der Waals surface area (Å²) in [5.74, 6) is 0.928. The van der Waals surface area contributed by atoms with Gasteiger partial charge in [-0.1, -0.05) is 12.1 Å². The number of rotatable bonds is 5. The number of anilines is 1. The SMILES string of the molecule is Cc1nc(N)c2c(n1)OC(C)(C)C(c1ccc(C3CCC(CNC(=O)CO)CC3)c(F)c1)=N2. The Morgan fingerprint density at radius 2 is 2.00 bits per heavy atom. The van der Waals surface area contributed by atoms with Crippen LogP contribution in [0.3, 0.4) is 0 Å². The molecule has 0 saturated heterocycles. The maximum absolute atomic E-state index is 15.2. The Hall–Kier alpha value is -3.07. The number of nitrogens with two attached hydrogens (primary N) is 1. The second kappa shape index (κ2) is 9.05. The summed E-state index contributed by atoms with van der Waals surface area (Å²) in [6, 6.07) is 5.24. The summed E-state index contributed by atoms with van der Waals surface area (Å²) in [7, 11) is 0. The molecule has 8 nitrogen and oxygen atoms in total. The summed E-state index contributed by atoms with van der Waals surface area (Å²) in [4.78, 5) is 24.4. The lowest BCUT2D eigenvalue weighted by atomic mass is 9.78. The van der Waals surface area contributed by atoms with Crippen molar-refractivity contribution in [3.05, 3.63) is 41.0 Å². The molecule has 1 aliphatic heterocycles. The van der Waals surface area contributed by atoms with Crippen LogP contribution < -0.4 is 15.8 Å². The van der Waals surface area contributed by atoms with Crippen LogP contribution in [0.15, 0.2) is 23.2 Å². The molecule has 4 N–H and O–H groups in total. The normalized spacial score (nSPS) is 21.5. The first-order valence-corrected chi connectivity index (χ1v) is 11.3. The zero-order chi connectivity index (χ0) is 23.8. The Kier molecular flexibility index (Phi) is 6.34. The van der Waals surface area contributed by atoms with Gasteiger partial charge in [0.15, 0.2) is 11.5 Å². The van der Waals surface area contributed by atoms with E-state index in [2.05, 4.69) is 20.3 Å². The van der Waals surface area contributed by atoms with E-state index in [0.29, 0.717) is 46.7 Å². The van der Waals surface area contributed by atoms with Crippen LogP contribution in [0, 0.1) is 18.7 Å². The van der Waals surface area contributed by atoms with Crippen molar-refractivity contribution in [2.45, 2.75) is 58.0 Å². The molecule has 2 aromatic rings. The topological polar surface area (TPSA) is 123 Å². The molecule has 2 aliphatic rings. The number of aryl methyl sites for hydroxylation is 1. The number of aliphatic imine (C=N–C) groups is 1. The van der Waals surface area contributed by atoms with E-state index in [-0.39, 0.29) is 23.5 Å². The highest BCUT2D eigenvalue weighted by Crippen LogP contribution is 2.41. The summed E-state index contributed by atoms with van der Waals surface area (Å²) in [5.41, 5.74) is 7.49. The number of amides is 1. The fourth-order valence-corrected chi connectivity index (χ4v) is 4.68. The first-order chi connectivity index (χ1) is 15.7. The number of ether oxygens (including phenoxy) is 1. The van der Waals surface area contributed by atoms with Gasteiger partial charge in [0.25, 0.3) is 0 Å². The molecule has 1 aromatic heterocycles. The lowest BCUT2D eigenvalue weighted by molar-refractivity contribution is -0.124. The summed E-state index contributed by atoms with van der Waals surface area (Å²) in [5, 5.41) is 11.6. The number of aliphatic hydroxyl groups excluding tert-OH is 1. The van der Waals surface area contributed by atoms with Crippen molar-refractivity contribution in [3.63, 3.8) is 0 Å². The number of aliphatic hydroxyl groups is 1. The van der Waals surface area contributed by atoms with Crippen molar-refractivity contribution in [1.82, 2.24) is 15.3 Å². The Morgan fingerprint density at radius 3 is 2.67 bits per heavy atom. The fraction of sp³-hybridized carbons (Fsp3) is 0.500. The lowest BCUT2D eigenvalue weighted by Crippen LogP contribution is -2.41. The number of aromatic nitrogens is 2. The van der Waals surface area contributed by atoms with Crippen molar-refractivity contribution >= 4 is 23.1 Å². The van der Waals surface area contributed by atoms with Crippen molar-refractivity contribution in [1.29, 1.82) is 0 Å². The Labute approximate surface area is 192 Å². The number of nitrogens with zero attached hydrogens (tertiary/aromatic N) is 3. The standard InChI is InChI=1S/C24H30FN5O3/c1-13-28-22(26)20-23(29-13)33-24(2,3)21(30-20)16-8-9-17(18(25)10-16)15-6-4-14(5-7-15)11-27-19(32)12-31/h8-10,14-15,31H,4-7,11-12H2,1-3H3,(H,27,32)(H2,26,28,29). The van der Waals surface area contributed by atoms with Crippen LogP contribution in [-0.4, -0.2) is 45.4 Å². The van der Waals surface area contributed by atoms with Crippen LogP contribution in [0.5, 0.6) is 5.88 Å². The molecule has 0 unspecified atom stereocenters. The largest absolute Gasteiger partial charge is 0.463 e. The fourth-order valence-electron chi connectivity index (χ4n) is 4.68. The average Bonchev–Trinajstić information content (AvgIpc) is 2.76. The molecular weight excluding hydrogens is 425 g/mol. The van der Waals surface area contributed by atoms with Crippen LogP contribution in [-0.2, 0) is 4.79 Å². The molecule has 4 rings (SSSR count). The summed E-state index contributed by atoms with van der Waals surface area (Å²) in [6.45, 7) is 5.52. The first-order valence-electron chi connectivity index (χ1n) is 11.3. The number of fused-ring (bicyclic) bond motifs is 1. The van der Waals surface area contributed by atoms with Gasteiger partial charge < -0.3 is 20.9 Å². The molecular formula is C24H30FN5O3. The molecule has 0 bridgehead atoms. The zero-order valence-corrected chi connectivity index (χ0v) is 19.2. The predicted octanol–water partition coefficient (Wildman–Crippen LogP) is 3.18. The minimum Gasteiger partial charge on any atom is -0.463 e. The number of carbonyl (C=O) groups excluding carboxylic acids is 1. The molecule has 0 spiro atoms. The molecule has 2 heterocycles. The molecule has 1 fully saturated rings. The molecule has 176 valence electrons. The summed E-state index contributed by atoms with van der Waals surface area (Å²) >= 11 is 0. The van der Waals surface area contributed by atoms with Crippen molar-refractivity contribution < 1.29 is 19.0 Å². The summed E-state index contributed by atoms with van der Waals surface area (Å²) in [6.07, 6.45) is 3.51. The maximum Gasteiger partial charge on any atom is 0.246 e. The Morgan fingerprint density at radius 1 is 1.27 bits per heavy atom. The zero-order valence-electron chi connectivity index (χ0n) is 19.2. The van der Waals surface area contributed by atoms with Gasteiger partial charge in [-0.2, -0.15) is 4.98 Å². The van der Waals surface area contributed by atoms with Crippen molar-refractivity contribution in [2.75, 3.05) is 18.9 Å². The molecule has 0 atom stereocenters. The number of nitrogen functional groups attached to an aromatic ring is 1. The van der Waals surface area contributed by atoms with Crippen LogP contribution in [0.25, 0.3) is 0 Å². The van der Waals surface area contributed by atoms with Crippen molar-refractivity contribution in [3.8, 4) is 5.88 Å². The van der Waals surface area contributed by atoms with Gasteiger partial charge in [0, 0.05) is 12.1 Å². The van der Waals surface area contributed by atoms with E-state index in [4.69, 9.17) is 15.6 Å². The van der Waals surface area contributed by atoms with Gasteiger partial charge in [0.1, 0.15) is 23.8 Å². The second-order valence-corrected chi connectivity index (χ2v) is 9.30. The highest BCUT2D eigenvalue weighted by molar-refractivity contribution is 6.09. The number of carbonyl (C=O) groups is 1.